The first-order chi connectivity index (χ1) is 6.68. The van der Waals surface area contributed by atoms with Gasteiger partial charge in [0.15, 0.2) is 5.05 Å². The summed E-state index contributed by atoms with van der Waals surface area (Å²) in [5.41, 5.74) is 1.21. The molecule has 0 aliphatic heterocycles. The normalized spacial score (nSPS) is 10.2. The minimum Gasteiger partial charge on any atom is -0.486 e. The number of hydrogen-bond acceptors (Lipinski definition) is 2. The maximum absolute atomic E-state index is 5.44. The van der Waals surface area contributed by atoms with Crippen molar-refractivity contribution < 1.29 is 4.74 Å². The standard InChI is InChI=1S/C12H16OS/c1-10(2)9-13-12(14)8-11-6-4-3-5-7-11/h3-7,10H,8-9H2,1-2H3. The highest BCUT2D eigenvalue weighted by atomic mass is 32.1. The summed E-state index contributed by atoms with van der Waals surface area (Å²) in [6, 6.07) is 10.2. The molecule has 0 radical (unpaired) electrons. The molecule has 0 unspecified atom stereocenters. The smallest absolute Gasteiger partial charge is 0.164 e. The SMILES string of the molecule is CC(C)COC(=S)Cc1ccccc1. The van der Waals surface area contributed by atoms with E-state index >= 15 is 0 Å². The van der Waals surface area contributed by atoms with Gasteiger partial charge in [0.05, 0.1) is 6.61 Å². The number of benzene rings is 1. The van der Waals surface area contributed by atoms with Crippen LogP contribution in [0.5, 0.6) is 0 Å². The van der Waals surface area contributed by atoms with Crippen molar-refractivity contribution in [2.45, 2.75) is 20.3 Å². The van der Waals surface area contributed by atoms with Gasteiger partial charge in [-0.15, -0.1) is 0 Å². The van der Waals surface area contributed by atoms with E-state index in [0.717, 1.165) is 6.42 Å². The molecule has 0 aliphatic carbocycles. The Bertz CT molecular complexity index is 280. The minimum atomic E-state index is 0.531. The molecule has 76 valence electrons. The average Bonchev–Trinajstić information content (AvgIpc) is 2.16. The topological polar surface area (TPSA) is 9.23 Å². The lowest BCUT2D eigenvalue weighted by Gasteiger charge is -2.09. The minimum absolute atomic E-state index is 0.531. The van der Waals surface area contributed by atoms with Gasteiger partial charge in [-0.3, -0.25) is 0 Å². The van der Waals surface area contributed by atoms with Crippen molar-refractivity contribution in [3.05, 3.63) is 35.9 Å². The average molecular weight is 208 g/mol. The van der Waals surface area contributed by atoms with Crippen molar-refractivity contribution in [2.75, 3.05) is 6.61 Å². The summed E-state index contributed by atoms with van der Waals surface area (Å²) in [4.78, 5) is 0. The van der Waals surface area contributed by atoms with Gasteiger partial charge < -0.3 is 4.74 Å². The molecule has 1 aromatic rings. The Morgan fingerprint density at radius 1 is 1.29 bits per heavy atom. The van der Waals surface area contributed by atoms with Crippen molar-refractivity contribution in [1.82, 2.24) is 0 Å². The largest absolute Gasteiger partial charge is 0.486 e. The van der Waals surface area contributed by atoms with Gasteiger partial charge in [-0.1, -0.05) is 44.2 Å². The molecule has 1 nitrogen and oxygen atoms in total. The Labute approximate surface area is 91.1 Å². The first-order valence-corrected chi connectivity index (χ1v) is 5.29. The van der Waals surface area contributed by atoms with E-state index in [4.69, 9.17) is 17.0 Å². The molecule has 0 aromatic heterocycles. The zero-order valence-corrected chi connectivity index (χ0v) is 9.51. The van der Waals surface area contributed by atoms with Crippen LogP contribution in [0, 0.1) is 5.92 Å². The van der Waals surface area contributed by atoms with Gasteiger partial charge in [0, 0.05) is 6.42 Å². The maximum Gasteiger partial charge on any atom is 0.164 e. The summed E-state index contributed by atoms with van der Waals surface area (Å²) in [6.07, 6.45) is 0.739. The van der Waals surface area contributed by atoms with Crippen LogP contribution < -0.4 is 0 Å². The Morgan fingerprint density at radius 3 is 2.50 bits per heavy atom. The summed E-state index contributed by atoms with van der Waals surface area (Å²) < 4.78 is 5.44. The van der Waals surface area contributed by atoms with Crippen molar-refractivity contribution in [3.63, 3.8) is 0 Å². The molecule has 0 amide bonds. The van der Waals surface area contributed by atoms with Crippen molar-refractivity contribution >= 4 is 17.3 Å². The number of hydrogen-bond donors (Lipinski definition) is 0. The maximum atomic E-state index is 5.44. The Balaban J connectivity index is 2.35. The highest BCUT2D eigenvalue weighted by Gasteiger charge is 2.01. The molecule has 0 fully saturated rings. The summed E-state index contributed by atoms with van der Waals surface area (Å²) in [5.74, 6) is 0.531. The first kappa shape index (κ1) is 11.2. The van der Waals surface area contributed by atoms with Gasteiger partial charge in [0.2, 0.25) is 0 Å². The van der Waals surface area contributed by atoms with Gasteiger partial charge in [0.1, 0.15) is 0 Å². The summed E-state index contributed by atoms with van der Waals surface area (Å²) in [6.45, 7) is 4.95. The fourth-order valence-electron chi connectivity index (χ4n) is 1.07. The third-order valence-corrected chi connectivity index (χ3v) is 2.03. The van der Waals surface area contributed by atoms with Crippen LogP contribution >= 0.6 is 12.2 Å². The second kappa shape index (κ2) is 5.76. The van der Waals surface area contributed by atoms with E-state index in [1.807, 2.05) is 18.2 Å². The van der Waals surface area contributed by atoms with Crippen molar-refractivity contribution in [3.8, 4) is 0 Å². The lowest BCUT2D eigenvalue weighted by atomic mass is 10.2. The molecule has 0 saturated carbocycles. The molecule has 1 rings (SSSR count). The second-order valence-electron chi connectivity index (χ2n) is 3.74. The van der Waals surface area contributed by atoms with Crippen LogP contribution in [0.25, 0.3) is 0 Å². The van der Waals surface area contributed by atoms with E-state index in [1.165, 1.54) is 5.56 Å². The summed E-state index contributed by atoms with van der Waals surface area (Å²) >= 11 is 5.13. The van der Waals surface area contributed by atoms with E-state index in [1.54, 1.807) is 0 Å². The monoisotopic (exact) mass is 208 g/mol. The highest BCUT2D eigenvalue weighted by molar-refractivity contribution is 7.80. The summed E-state index contributed by atoms with van der Waals surface area (Å²) in [5, 5.41) is 0.685. The quantitative estimate of drug-likeness (QED) is 0.703. The van der Waals surface area contributed by atoms with Crippen LogP contribution in [0.4, 0.5) is 0 Å². The van der Waals surface area contributed by atoms with Crippen LogP contribution in [-0.2, 0) is 11.2 Å². The molecule has 0 spiro atoms. The molecule has 14 heavy (non-hydrogen) atoms. The molecule has 0 aliphatic rings. The number of thiocarbonyl (C=S) groups is 1. The molecule has 1 aromatic carbocycles. The lowest BCUT2D eigenvalue weighted by Crippen LogP contribution is -2.10. The zero-order valence-electron chi connectivity index (χ0n) is 8.69. The summed E-state index contributed by atoms with van der Waals surface area (Å²) in [7, 11) is 0. The van der Waals surface area contributed by atoms with Gasteiger partial charge in [-0.05, 0) is 23.7 Å². The van der Waals surface area contributed by atoms with Gasteiger partial charge >= 0.3 is 0 Å². The Morgan fingerprint density at radius 2 is 1.93 bits per heavy atom. The van der Waals surface area contributed by atoms with E-state index in [9.17, 15) is 0 Å². The highest BCUT2D eigenvalue weighted by Crippen LogP contribution is 2.03. The van der Waals surface area contributed by atoms with Crippen LogP contribution in [-0.4, -0.2) is 11.7 Å². The van der Waals surface area contributed by atoms with E-state index < -0.39 is 0 Å². The Hall–Kier alpha value is -0.890. The third-order valence-electron chi connectivity index (χ3n) is 1.77. The van der Waals surface area contributed by atoms with Crippen molar-refractivity contribution in [1.29, 1.82) is 0 Å². The second-order valence-corrected chi connectivity index (χ2v) is 4.19. The van der Waals surface area contributed by atoms with Crippen LogP contribution in [0.1, 0.15) is 19.4 Å². The van der Waals surface area contributed by atoms with Crippen LogP contribution in [0.2, 0.25) is 0 Å². The van der Waals surface area contributed by atoms with E-state index in [0.29, 0.717) is 17.6 Å². The molecular formula is C12H16OS. The van der Waals surface area contributed by atoms with Crippen LogP contribution in [0.3, 0.4) is 0 Å². The van der Waals surface area contributed by atoms with E-state index in [2.05, 4.69) is 26.0 Å². The number of ether oxygens (including phenoxy) is 1. The molecule has 0 atom stereocenters. The third kappa shape index (κ3) is 4.38. The first-order valence-electron chi connectivity index (χ1n) is 4.88. The van der Waals surface area contributed by atoms with E-state index in [-0.39, 0.29) is 0 Å². The molecular weight excluding hydrogens is 192 g/mol. The fraction of sp³-hybridized carbons (Fsp3) is 0.417. The fourth-order valence-corrected chi connectivity index (χ4v) is 1.31. The molecule has 0 heterocycles. The van der Waals surface area contributed by atoms with Crippen LogP contribution in [0.15, 0.2) is 30.3 Å². The molecule has 2 heteroatoms. The van der Waals surface area contributed by atoms with Gasteiger partial charge in [-0.25, -0.2) is 0 Å². The molecule has 0 saturated heterocycles. The van der Waals surface area contributed by atoms with Gasteiger partial charge in [-0.2, -0.15) is 0 Å². The Kier molecular flexibility index (Phi) is 4.60. The predicted molar refractivity (Wildman–Crippen MR) is 63.5 cm³/mol. The molecule has 0 bridgehead atoms. The number of rotatable bonds is 4. The molecule has 0 N–H and O–H groups in total. The van der Waals surface area contributed by atoms with Crippen molar-refractivity contribution in [2.24, 2.45) is 5.92 Å². The predicted octanol–water partition coefficient (Wildman–Crippen LogP) is 3.23. The lowest BCUT2D eigenvalue weighted by molar-refractivity contribution is 0.260. The van der Waals surface area contributed by atoms with Gasteiger partial charge in [0.25, 0.3) is 0 Å². The zero-order chi connectivity index (χ0) is 10.4.